The third-order valence-corrected chi connectivity index (χ3v) is 8.08. The minimum atomic E-state index is 0.347. The van der Waals surface area contributed by atoms with E-state index in [2.05, 4.69) is 32.1 Å². The van der Waals surface area contributed by atoms with E-state index in [0.29, 0.717) is 16.6 Å². The molecule has 0 heterocycles. The SMILES string of the molecule is C[C@@]12C=CC[C@H]1[C@@H]1[C@@H]3C[C@@H]3C3=CC(=O)CC[C@]3(C)[C@H]1CC2. The molecule has 7 atom stereocenters. The van der Waals surface area contributed by atoms with E-state index in [0.717, 1.165) is 42.4 Å². The van der Waals surface area contributed by atoms with Gasteiger partial charge in [-0.05, 0) is 78.6 Å². The van der Waals surface area contributed by atoms with Crippen LogP contribution in [0.15, 0.2) is 23.8 Å². The molecule has 3 fully saturated rings. The Morgan fingerprint density at radius 2 is 2.05 bits per heavy atom. The summed E-state index contributed by atoms with van der Waals surface area (Å²) in [5, 5.41) is 0. The maximum Gasteiger partial charge on any atom is 0.155 e. The average molecular weight is 282 g/mol. The molecule has 0 amide bonds. The molecule has 0 bridgehead atoms. The lowest BCUT2D eigenvalue weighted by Gasteiger charge is -2.57. The summed E-state index contributed by atoms with van der Waals surface area (Å²) in [5.74, 6) is 4.74. The first-order valence-corrected chi connectivity index (χ1v) is 8.95. The molecule has 0 aliphatic heterocycles. The van der Waals surface area contributed by atoms with Crippen molar-refractivity contribution in [1.29, 1.82) is 0 Å². The van der Waals surface area contributed by atoms with Crippen LogP contribution in [0.2, 0.25) is 0 Å². The van der Waals surface area contributed by atoms with Gasteiger partial charge in [0.2, 0.25) is 0 Å². The van der Waals surface area contributed by atoms with Crippen molar-refractivity contribution in [2.45, 2.75) is 52.4 Å². The van der Waals surface area contributed by atoms with Crippen LogP contribution in [0.5, 0.6) is 0 Å². The van der Waals surface area contributed by atoms with Gasteiger partial charge in [0, 0.05) is 6.42 Å². The van der Waals surface area contributed by atoms with Gasteiger partial charge < -0.3 is 0 Å². The maximum atomic E-state index is 11.9. The second kappa shape index (κ2) is 3.73. The van der Waals surface area contributed by atoms with Crippen LogP contribution >= 0.6 is 0 Å². The molecular weight excluding hydrogens is 256 g/mol. The van der Waals surface area contributed by atoms with Gasteiger partial charge >= 0.3 is 0 Å². The normalized spacial score (nSPS) is 57.0. The summed E-state index contributed by atoms with van der Waals surface area (Å²) < 4.78 is 0. The molecule has 5 rings (SSSR count). The summed E-state index contributed by atoms with van der Waals surface area (Å²) in [6.45, 7) is 5.01. The highest BCUT2D eigenvalue weighted by Crippen LogP contribution is 2.72. The Kier molecular flexibility index (Phi) is 2.25. The van der Waals surface area contributed by atoms with Crippen molar-refractivity contribution in [2.24, 2.45) is 40.4 Å². The summed E-state index contributed by atoms with van der Waals surface area (Å²) >= 11 is 0. The van der Waals surface area contributed by atoms with Gasteiger partial charge in [0.1, 0.15) is 0 Å². The van der Waals surface area contributed by atoms with Gasteiger partial charge in [0.25, 0.3) is 0 Å². The molecule has 112 valence electrons. The Morgan fingerprint density at radius 1 is 1.19 bits per heavy atom. The van der Waals surface area contributed by atoms with Gasteiger partial charge in [0.15, 0.2) is 5.78 Å². The fourth-order valence-corrected chi connectivity index (χ4v) is 6.89. The number of fused-ring (bicyclic) bond motifs is 8. The number of hydrogen-bond acceptors (Lipinski definition) is 1. The predicted molar refractivity (Wildman–Crippen MR) is 83.6 cm³/mol. The molecule has 21 heavy (non-hydrogen) atoms. The number of carbonyl (C=O) groups excluding carboxylic acids is 1. The quantitative estimate of drug-likeness (QED) is 0.596. The fourth-order valence-electron chi connectivity index (χ4n) is 6.89. The molecule has 3 saturated carbocycles. The molecule has 1 nitrogen and oxygen atoms in total. The van der Waals surface area contributed by atoms with Crippen LogP contribution < -0.4 is 0 Å². The minimum Gasteiger partial charge on any atom is -0.295 e. The van der Waals surface area contributed by atoms with E-state index in [-0.39, 0.29) is 0 Å². The number of hydrogen-bond donors (Lipinski definition) is 0. The highest BCUT2D eigenvalue weighted by atomic mass is 16.1. The Balaban J connectivity index is 1.59. The lowest BCUT2D eigenvalue weighted by Crippen LogP contribution is -2.50. The highest BCUT2D eigenvalue weighted by molar-refractivity contribution is 5.92. The van der Waals surface area contributed by atoms with Gasteiger partial charge in [-0.2, -0.15) is 0 Å². The molecule has 0 saturated heterocycles. The molecule has 0 aromatic heterocycles. The molecule has 0 aromatic rings. The van der Waals surface area contributed by atoms with E-state index < -0.39 is 0 Å². The van der Waals surface area contributed by atoms with E-state index in [9.17, 15) is 4.79 Å². The minimum absolute atomic E-state index is 0.347. The molecule has 5 aliphatic rings. The average Bonchev–Trinajstić information content (AvgIpc) is 3.14. The second-order valence-corrected chi connectivity index (χ2v) is 8.96. The summed E-state index contributed by atoms with van der Waals surface area (Å²) in [6.07, 6.45) is 14.4. The van der Waals surface area contributed by atoms with Crippen molar-refractivity contribution in [2.75, 3.05) is 0 Å². The van der Waals surface area contributed by atoms with Crippen LogP contribution in [0, 0.1) is 40.4 Å². The summed E-state index contributed by atoms with van der Waals surface area (Å²) in [6, 6.07) is 0. The molecule has 0 spiro atoms. The van der Waals surface area contributed by atoms with Gasteiger partial charge in [-0.1, -0.05) is 31.6 Å². The third-order valence-electron chi connectivity index (χ3n) is 8.08. The summed E-state index contributed by atoms with van der Waals surface area (Å²) in [7, 11) is 0. The Morgan fingerprint density at radius 3 is 2.90 bits per heavy atom. The van der Waals surface area contributed by atoms with Gasteiger partial charge in [-0.3, -0.25) is 4.79 Å². The Hall–Kier alpha value is -0.850. The fraction of sp³-hybridized carbons (Fsp3) is 0.750. The van der Waals surface area contributed by atoms with E-state index in [1.54, 1.807) is 5.57 Å². The van der Waals surface area contributed by atoms with E-state index in [1.165, 1.54) is 25.7 Å². The molecule has 0 unspecified atom stereocenters. The molecule has 5 aliphatic carbocycles. The van der Waals surface area contributed by atoms with Crippen LogP contribution in [0.3, 0.4) is 0 Å². The number of allylic oxidation sites excluding steroid dienone is 4. The third kappa shape index (κ3) is 1.46. The van der Waals surface area contributed by atoms with E-state index in [1.807, 2.05) is 0 Å². The van der Waals surface area contributed by atoms with E-state index >= 15 is 0 Å². The topological polar surface area (TPSA) is 17.1 Å². The van der Waals surface area contributed by atoms with Crippen molar-refractivity contribution in [1.82, 2.24) is 0 Å². The highest BCUT2D eigenvalue weighted by Gasteiger charge is 2.65. The monoisotopic (exact) mass is 282 g/mol. The van der Waals surface area contributed by atoms with Crippen LogP contribution in [0.1, 0.15) is 52.4 Å². The van der Waals surface area contributed by atoms with Gasteiger partial charge in [-0.25, -0.2) is 0 Å². The Labute approximate surface area is 127 Å². The maximum absolute atomic E-state index is 11.9. The standard InChI is InChI=1S/C20H26O/c1-19-7-3-4-15(19)18-14-11-13(14)17-10-12(21)5-9-20(17,2)16(18)6-8-19/h3,7,10,13-16,18H,4-6,8-9,11H2,1-2H3/t13-,14+,15-,16-,18-,19-,20+/m0/s1. The van der Waals surface area contributed by atoms with Crippen molar-refractivity contribution in [3.8, 4) is 0 Å². The van der Waals surface area contributed by atoms with Crippen LogP contribution in [0.4, 0.5) is 0 Å². The zero-order valence-electron chi connectivity index (χ0n) is 13.3. The zero-order chi connectivity index (χ0) is 14.4. The van der Waals surface area contributed by atoms with Crippen LogP contribution in [0.25, 0.3) is 0 Å². The molecule has 0 radical (unpaired) electrons. The van der Waals surface area contributed by atoms with Crippen molar-refractivity contribution in [3.63, 3.8) is 0 Å². The number of ketones is 1. The van der Waals surface area contributed by atoms with Crippen LogP contribution in [-0.2, 0) is 4.79 Å². The first kappa shape index (κ1) is 12.7. The first-order valence-electron chi connectivity index (χ1n) is 8.95. The predicted octanol–water partition coefficient (Wildman–Crippen LogP) is 4.54. The van der Waals surface area contributed by atoms with Gasteiger partial charge in [0.05, 0.1) is 0 Å². The van der Waals surface area contributed by atoms with Crippen LogP contribution in [-0.4, -0.2) is 5.78 Å². The number of carbonyl (C=O) groups is 1. The lowest BCUT2D eigenvalue weighted by atomic mass is 9.47. The molecule has 0 aromatic carbocycles. The zero-order valence-corrected chi connectivity index (χ0v) is 13.3. The van der Waals surface area contributed by atoms with Crippen molar-refractivity contribution in [3.05, 3.63) is 23.8 Å². The summed E-state index contributed by atoms with van der Waals surface area (Å²) in [5.41, 5.74) is 2.40. The molecule has 1 heteroatoms. The second-order valence-electron chi connectivity index (χ2n) is 8.96. The largest absolute Gasteiger partial charge is 0.295 e. The molecular formula is C20H26O. The molecule has 0 N–H and O–H groups in total. The summed E-state index contributed by atoms with van der Waals surface area (Å²) in [4.78, 5) is 11.9. The van der Waals surface area contributed by atoms with Crippen molar-refractivity contribution >= 4 is 5.78 Å². The van der Waals surface area contributed by atoms with Crippen molar-refractivity contribution < 1.29 is 4.79 Å². The smallest absolute Gasteiger partial charge is 0.155 e. The van der Waals surface area contributed by atoms with E-state index in [4.69, 9.17) is 0 Å². The number of rotatable bonds is 0. The lowest BCUT2D eigenvalue weighted by molar-refractivity contribution is -0.117. The first-order chi connectivity index (χ1) is 10.0. The Bertz CT molecular complexity index is 585. The van der Waals surface area contributed by atoms with Gasteiger partial charge in [-0.15, -0.1) is 0 Å².